The van der Waals surface area contributed by atoms with Gasteiger partial charge in [0.2, 0.25) is 5.78 Å². The molecule has 1 heterocycles. The largest absolute Gasteiger partial charge is 0.359 e. The Kier molecular flexibility index (Phi) is 5.64. The van der Waals surface area contributed by atoms with E-state index in [2.05, 4.69) is 17.5 Å². The summed E-state index contributed by atoms with van der Waals surface area (Å²) in [7, 11) is 0. The molecule has 1 aliphatic carbocycles. The summed E-state index contributed by atoms with van der Waals surface area (Å²) in [6.07, 6.45) is 9.40. The Morgan fingerprint density at radius 3 is 2.96 bits per heavy atom. The number of ketones is 1. The van der Waals surface area contributed by atoms with Gasteiger partial charge in [0, 0.05) is 11.8 Å². The molecule has 1 aliphatic rings. The van der Waals surface area contributed by atoms with E-state index in [0.29, 0.717) is 15.6 Å². The monoisotopic (exact) mass is 386 g/mol. The van der Waals surface area contributed by atoms with E-state index in [1.807, 2.05) is 24.5 Å². The number of fused-ring (bicyclic) bond motifs is 1. The van der Waals surface area contributed by atoms with Crippen LogP contribution in [0.2, 0.25) is 5.02 Å². The van der Waals surface area contributed by atoms with Gasteiger partial charge in [-0.1, -0.05) is 35.9 Å². The van der Waals surface area contributed by atoms with Crippen LogP contribution in [0, 0.1) is 11.3 Å². The first-order valence-corrected chi connectivity index (χ1v) is 10.1. The fourth-order valence-electron chi connectivity index (χ4n) is 2.63. The van der Waals surface area contributed by atoms with E-state index in [1.165, 1.54) is 17.5 Å². The standard InChI is InChI=1S/C19H15ClN2OS2/c1-24-19-14-7-3-2-6-13(14)18(25-19)17(23)12(10-21)11-22-16-9-5-4-8-15(16)20/h3-5,7-9,11,22H,2,6H2,1H3/b12-11-. The normalized spacial score (nSPS) is 13.2. The first-order valence-electron chi connectivity index (χ1n) is 7.68. The van der Waals surface area contributed by atoms with Crippen molar-refractivity contribution in [2.45, 2.75) is 17.1 Å². The maximum absolute atomic E-state index is 12.9. The SMILES string of the molecule is CSc1sc(C(=O)/C(C#N)=C\Nc2ccccc2Cl)c2c1C=CCC2. The molecule has 2 aromatic rings. The van der Waals surface area contributed by atoms with E-state index in [-0.39, 0.29) is 11.4 Å². The zero-order chi connectivity index (χ0) is 17.8. The Labute approximate surface area is 160 Å². The summed E-state index contributed by atoms with van der Waals surface area (Å²) >= 11 is 9.20. The number of rotatable bonds is 5. The van der Waals surface area contributed by atoms with E-state index in [1.54, 1.807) is 23.9 Å². The number of thiophene rings is 1. The number of Topliss-reactive ketones (excluding diaryl/α,β-unsaturated/α-hetero) is 1. The zero-order valence-electron chi connectivity index (χ0n) is 13.5. The van der Waals surface area contributed by atoms with E-state index in [4.69, 9.17) is 11.6 Å². The van der Waals surface area contributed by atoms with Gasteiger partial charge in [0.25, 0.3) is 0 Å². The number of nitrogens with one attached hydrogen (secondary N) is 1. The van der Waals surface area contributed by atoms with Crippen LogP contribution in [-0.4, -0.2) is 12.0 Å². The van der Waals surface area contributed by atoms with Crippen LogP contribution in [0.5, 0.6) is 0 Å². The maximum Gasteiger partial charge on any atom is 0.215 e. The molecule has 0 spiro atoms. The molecule has 6 heteroatoms. The van der Waals surface area contributed by atoms with Crippen molar-refractivity contribution in [3.63, 3.8) is 0 Å². The van der Waals surface area contributed by atoms with Crippen LogP contribution in [0.25, 0.3) is 6.08 Å². The summed E-state index contributed by atoms with van der Waals surface area (Å²) in [5, 5.41) is 12.9. The third-order valence-electron chi connectivity index (χ3n) is 3.86. The second kappa shape index (κ2) is 7.92. The van der Waals surface area contributed by atoms with E-state index in [9.17, 15) is 10.1 Å². The number of benzene rings is 1. The van der Waals surface area contributed by atoms with Crippen LogP contribution in [0.15, 0.2) is 46.3 Å². The summed E-state index contributed by atoms with van der Waals surface area (Å²) in [5.74, 6) is -0.237. The molecule has 0 aliphatic heterocycles. The van der Waals surface area contributed by atoms with Crippen molar-refractivity contribution in [2.75, 3.05) is 11.6 Å². The molecular weight excluding hydrogens is 372 g/mol. The lowest BCUT2D eigenvalue weighted by atomic mass is 9.97. The highest BCUT2D eigenvalue weighted by molar-refractivity contribution is 8.00. The topological polar surface area (TPSA) is 52.9 Å². The third kappa shape index (κ3) is 3.67. The van der Waals surface area contributed by atoms with Crippen molar-refractivity contribution < 1.29 is 4.79 Å². The molecule has 3 rings (SSSR count). The Morgan fingerprint density at radius 2 is 2.24 bits per heavy atom. The Balaban J connectivity index is 1.92. The lowest BCUT2D eigenvalue weighted by Crippen LogP contribution is -2.06. The van der Waals surface area contributed by atoms with Gasteiger partial charge < -0.3 is 5.32 Å². The molecule has 0 fully saturated rings. The summed E-state index contributed by atoms with van der Waals surface area (Å²) < 4.78 is 1.12. The maximum atomic E-state index is 12.9. The smallest absolute Gasteiger partial charge is 0.215 e. The minimum absolute atomic E-state index is 0.0752. The van der Waals surface area contributed by atoms with Crippen LogP contribution >= 0.6 is 34.7 Å². The summed E-state index contributed by atoms with van der Waals surface area (Å²) in [5.41, 5.74) is 2.92. The van der Waals surface area contributed by atoms with E-state index < -0.39 is 0 Å². The Morgan fingerprint density at radius 1 is 1.44 bits per heavy atom. The number of nitriles is 1. The molecule has 3 nitrogen and oxygen atoms in total. The average molecular weight is 387 g/mol. The van der Waals surface area contributed by atoms with Gasteiger partial charge in [0.05, 0.1) is 19.8 Å². The summed E-state index contributed by atoms with van der Waals surface area (Å²) in [6.45, 7) is 0. The van der Waals surface area contributed by atoms with Crippen molar-refractivity contribution in [1.82, 2.24) is 0 Å². The molecule has 1 aromatic carbocycles. The molecule has 126 valence electrons. The molecule has 0 saturated heterocycles. The molecule has 0 amide bonds. The number of allylic oxidation sites excluding steroid dienone is 2. The number of carbonyl (C=O) groups is 1. The second-order valence-electron chi connectivity index (χ2n) is 5.38. The van der Waals surface area contributed by atoms with Crippen molar-refractivity contribution in [3.8, 4) is 6.07 Å². The van der Waals surface area contributed by atoms with Crippen LogP contribution in [0.1, 0.15) is 27.2 Å². The number of hydrogen-bond donors (Lipinski definition) is 1. The molecular formula is C19H15ClN2OS2. The molecule has 0 radical (unpaired) electrons. The van der Waals surface area contributed by atoms with Gasteiger partial charge in [0.1, 0.15) is 11.6 Å². The third-order valence-corrected chi connectivity index (χ3v) is 6.57. The molecule has 0 saturated carbocycles. The minimum Gasteiger partial charge on any atom is -0.359 e. The summed E-state index contributed by atoms with van der Waals surface area (Å²) in [6, 6.07) is 9.21. The molecule has 1 aromatic heterocycles. The van der Waals surface area contributed by atoms with Crippen LogP contribution in [0.3, 0.4) is 0 Å². The van der Waals surface area contributed by atoms with Crippen LogP contribution < -0.4 is 5.32 Å². The molecule has 25 heavy (non-hydrogen) atoms. The average Bonchev–Trinajstić information content (AvgIpc) is 3.02. The zero-order valence-corrected chi connectivity index (χ0v) is 15.9. The Hall–Kier alpha value is -2.00. The lowest BCUT2D eigenvalue weighted by Gasteiger charge is -2.08. The number of halogens is 1. The van der Waals surface area contributed by atoms with Crippen LogP contribution in [-0.2, 0) is 6.42 Å². The number of anilines is 1. The lowest BCUT2D eigenvalue weighted by molar-refractivity contribution is 0.104. The van der Waals surface area contributed by atoms with Gasteiger partial charge in [-0.05, 0) is 36.8 Å². The predicted molar refractivity (Wildman–Crippen MR) is 107 cm³/mol. The predicted octanol–water partition coefficient (Wildman–Crippen LogP) is 5.79. The number of para-hydroxylation sites is 1. The number of thioether (sulfide) groups is 1. The number of carbonyl (C=O) groups excluding carboxylic acids is 1. The van der Waals surface area contributed by atoms with Gasteiger partial charge in [-0.25, -0.2) is 0 Å². The number of nitrogens with zero attached hydrogens (tertiary/aromatic N) is 1. The first-order chi connectivity index (χ1) is 12.2. The van der Waals surface area contributed by atoms with Crippen molar-refractivity contribution in [3.05, 3.63) is 63.1 Å². The molecule has 0 unspecified atom stereocenters. The minimum atomic E-state index is -0.237. The fraction of sp³-hybridized carbons (Fsp3) is 0.158. The van der Waals surface area contributed by atoms with Crippen LogP contribution in [0.4, 0.5) is 5.69 Å². The highest BCUT2D eigenvalue weighted by Gasteiger charge is 2.24. The fourth-order valence-corrected chi connectivity index (χ4v) is 4.84. The summed E-state index contributed by atoms with van der Waals surface area (Å²) in [4.78, 5) is 13.6. The Bertz CT molecular complexity index is 922. The van der Waals surface area contributed by atoms with Gasteiger partial charge in [0.15, 0.2) is 0 Å². The van der Waals surface area contributed by atoms with Gasteiger partial charge >= 0.3 is 0 Å². The molecule has 1 N–H and O–H groups in total. The molecule has 0 bridgehead atoms. The van der Waals surface area contributed by atoms with Crippen molar-refractivity contribution in [2.24, 2.45) is 0 Å². The van der Waals surface area contributed by atoms with Gasteiger partial charge in [-0.2, -0.15) is 5.26 Å². The molecule has 0 atom stereocenters. The van der Waals surface area contributed by atoms with Crippen molar-refractivity contribution in [1.29, 1.82) is 5.26 Å². The number of hydrogen-bond acceptors (Lipinski definition) is 5. The van der Waals surface area contributed by atoms with Crippen molar-refractivity contribution >= 4 is 52.2 Å². The highest BCUT2D eigenvalue weighted by Crippen LogP contribution is 2.39. The van der Waals surface area contributed by atoms with Gasteiger partial charge in [-0.15, -0.1) is 23.1 Å². The van der Waals surface area contributed by atoms with E-state index >= 15 is 0 Å². The highest BCUT2D eigenvalue weighted by atomic mass is 35.5. The second-order valence-corrected chi connectivity index (χ2v) is 7.88. The first kappa shape index (κ1) is 17.8. The van der Waals surface area contributed by atoms with Gasteiger partial charge in [-0.3, -0.25) is 4.79 Å². The quantitative estimate of drug-likeness (QED) is 0.306. The van der Waals surface area contributed by atoms with E-state index in [0.717, 1.165) is 28.2 Å².